The van der Waals surface area contributed by atoms with Crippen LogP contribution in [-0.4, -0.2) is 48.6 Å². The van der Waals surface area contributed by atoms with E-state index < -0.39 is 5.54 Å². The van der Waals surface area contributed by atoms with Gasteiger partial charge in [-0.15, -0.1) is 0 Å². The van der Waals surface area contributed by atoms with Crippen LogP contribution in [0, 0.1) is 11.8 Å². The van der Waals surface area contributed by atoms with E-state index in [0.29, 0.717) is 41.8 Å². The molecule has 0 spiro atoms. The lowest BCUT2D eigenvalue weighted by Crippen LogP contribution is -2.59. The van der Waals surface area contributed by atoms with Crippen molar-refractivity contribution in [3.8, 4) is 5.75 Å². The van der Waals surface area contributed by atoms with Gasteiger partial charge in [-0.3, -0.25) is 9.59 Å². The average Bonchev–Trinajstić information content (AvgIpc) is 2.63. The number of carbonyl (C=O) groups excluding carboxylic acids is 2. The fourth-order valence-electron chi connectivity index (χ4n) is 3.90. The first kappa shape index (κ1) is 20.7. The lowest BCUT2D eigenvalue weighted by Gasteiger charge is -2.45. The third-order valence-electron chi connectivity index (χ3n) is 5.59. The van der Waals surface area contributed by atoms with Gasteiger partial charge in [-0.05, 0) is 49.8 Å². The van der Waals surface area contributed by atoms with Crippen molar-refractivity contribution in [3.05, 3.63) is 23.2 Å². The molecular weight excluding hydrogens is 382 g/mol. The van der Waals surface area contributed by atoms with E-state index in [1.807, 2.05) is 4.90 Å². The summed E-state index contributed by atoms with van der Waals surface area (Å²) in [5, 5.41) is 0.585. The molecule has 154 valence electrons. The van der Waals surface area contributed by atoms with Crippen molar-refractivity contribution >= 4 is 29.2 Å². The van der Waals surface area contributed by atoms with Crippen molar-refractivity contribution < 1.29 is 19.1 Å². The molecule has 2 aliphatic rings. The zero-order valence-electron chi connectivity index (χ0n) is 16.2. The van der Waals surface area contributed by atoms with Crippen LogP contribution in [0.1, 0.15) is 32.6 Å². The van der Waals surface area contributed by atoms with Gasteiger partial charge in [-0.25, -0.2) is 0 Å². The fraction of sp³-hybridized carbons (Fsp3) is 0.600. The summed E-state index contributed by atoms with van der Waals surface area (Å²) < 4.78 is 10.8. The standard InChI is InChI=1S/C20H28ClN3O4/c1-13(25)28-12-20(23)9-15(10-20)19(26)24-6-4-14(5-7-24)11-27-18-3-2-16(21)8-17(18)22/h2-3,8,14-15H,4-7,9-12,22-23H2,1H3. The fourth-order valence-corrected chi connectivity index (χ4v) is 4.08. The van der Waals surface area contributed by atoms with E-state index in [1.54, 1.807) is 18.2 Å². The molecule has 1 saturated heterocycles. The van der Waals surface area contributed by atoms with Gasteiger partial charge in [0.1, 0.15) is 12.4 Å². The molecule has 1 aliphatic carbocycles. The zero-order valence-corrected chi connectivity index (χ0v) is 16.9. The van der Waals surface area contributed by atoms with E-state index in [4.69, 9.17) is 32.5 Å². The average molecular weight is 410 g/mol. The molecule has 1 aromatic carbocycles. The van der Waals surface area contributed by atoms with Gasteiger partial charge in [-0.1, -0.05) is 11.6 Å². The molecule has 1 aromatic rings. The highest BCUT2D eigenvalue weighted by molar-refractivity contribution is 6.30. The minimum absolute atomic E-state index is 0.0674. The summed E-state index contributed by atoms with van der Waals surface area (Å²) in [7, 11) is 0. The first-order chi connectivity index (χ1) is 13.3. The topological polar surface area (TPSA) is 108 Å². The molecular formula is C20H28ClN3O4. The number of esters is 1. The summed E-state index contributed by atoms with van der Waals surface area (Å²) in [5.41, 5.74) is 12.1. The normalized spacial score (nSPS) is 25.1. The number of amides is 1. The van der Waals surface area contributed by atoms with Crippen LogP contribution in [0.3, 0.4) is 0 Å². The highest BCUT2D eigenvalue weighted by Gasteiger charge is 2.47. The van der Waals surface area contributed by atoms with Crippen molar-refractivity contribution in [1.29, 1.82) is 0 Å². The number of hydrogen-bond acceptors (Lipinski definition) is 6. The summed E-state index contributed by atoms with van der Waals surface area (Å²) >= 11 is 5.90. The number of likely N-dealkylation sites (tertiary alicyclic amines) is 1. The summed E-state index contributed by atoms with van der Waals surface area (Å²) in [6, 6.07) is 5.21. The molecule has 0 bridgehead atoms. The van der Waals surface area contributed by atoms with E-state index in [-0.39, 0.29) is 24.4 Å². The van der Waals surface area contributed by atoms with Gasteiger partial charge < -0.3 is 25.8 Å². The molecule has 1 heterocycles. The molecule has 0 unspecified atom stereocenters. The van der Waals surface area contributed by atoms with E-state index in [0.717, 1.165) is 25.9 Å². The summed E-state index contributed by atoms with van der Waals surface area (Å²) in [5.74, 6) is 0.777. The van der Waals surface area contributed by atoms with Crippen molar-refractivity contribution in [1.82, 2.24) is 4.90 Å². The zero-order chi connectivity index (χ0) is 20.3. The van der Waals surface area contributed by atoms with Crippen molar-refractivity contribution in [2.45, 2.75) is 38.1 Å². The molecule has 28 heavy (non-hydrogen) atoms. The Bertz CT molecular complexity index is 728. The lowest BCUT2D eigenvalue weighted by molar-refractivity contribution is -0.148. The maximum Gasteiger partial charge on any atom is 0.302 e. The molecule has 1 amide bonds. The molecule has 3 rings (SSSR count). The molecule has 4 N–H and O–H groups in total. The van der Waals surface area contributed by atoms with E-state index in [1.165, 1.54) is 6.92 Å². The monoisotopic (exact) mass is 409 g/mol. The minimum Gasteiger partial charge on any atom is -0.491 e. The van der Waals surface area contributed by atoms with Gasteiger partial charge in [0.25, 0.3) is 0 Å². The predicted molar refractivity (Wildman–Crippen MR) is 107 cm³/mol. The Morgan fingerprint density at radius 3 is 2.57 bits per heavy atom. The van der Waals surface area contributed by atoms with Crippen molar-refractivity contribution in [3.63, 3.8) is 0 Å². The lowest BCUT2D eigenvalue weighted by atomic mass is 9.68. The second-order valence-electron chi connectivity index (χ2n) is 8.01. The first-order valence-electron chi connectivity index (χ1n) is 9.64. The molecule has 0 radical (unpaired) electrons. The maximum atomic E-state index is 12.7. The number of carbonyl (C=O) groups is 2. The van der Waals surface area contributed by atoms with Crippen LogP contribution in [0.25, 0.3) is 0 Å². The SMILES string of the molecule is CC(=O)OCC1(N)CC(C(=O)N2CCC(COc3ccc(Cl)cc3N)CC2)C1. The highest BCUT2D eigenvalue weighted by Crippen LogP contribution is 2.38. The van der Waals surface area contributed by atoms with E-state index >= 15 is 0 Å². The summed E-state index contributed by atoms with van der Waals surface area (Å²) in [6.45, 7) is 3.56. The van der Waals surface area contributed by atoms with Crippen LogP contribution in [0.15, 0.2) is 18.2 Å². The number of nitrogens with zero attached hydrogens (tertiary/aromatic N) is 1. The van der Waals surface area contributed by atoms with E-state index in [2.05, 4.69) is 0 Å². The van der Waals surface area contributed by atoms with Gasteiger partial charge in [0.2, 0.25) is 5.91 Å². The molecule has 2 fully saturated rings. The Kier molecular flexibility index (Phi) is 6.35. The number of anilines is 1. The third kappa shape index (κ3) is 5.08. The number of nitrogens with two attached hydrogens (primary N) is 2. The molecule has 0 atom stereocenters. The quantitative estimate of drug-likeness (QED) is 0.550. The van der Waals surface area contributed by atoms with Crippen LogP contribution in [-0.2, 0) is 14.3 Å². The molecule has 1 aliphatic heterocycles. The number of hydrogen-bond donors (Lipinski definition) is 2. The Morgan fingerprint density at radius 2 is 1.96 bits per heavy atom. The number of ether oxygens (including phenoxy) is 2. The van der Waals surface area contributed by atoms with Gasteiger partial charge in [0.15, 0.2) is 0 Å². The number of piperidine rings is 1. The smallest absolute Gasteiger partial charge is 0.302 e. The summed E-state index contributed by atoms with van der Waals surface area (Å²) in [4.78, 5) is 25.5. The number of nitrogen functional groups attached to an aromatic ring is 1. The molecule has 1 saturated carbocycles. The molecule has 7 nitrogen and oxygen atoms in total. The minimum atomic E-state index is -0.559. The molecule has 8 heteroatoms. The van der Waals surface area contributed by atoms with Crippen molar-refractivity contribution in [2.75, 3.05) is 32.0 Å². The Labute approximate surface area is 170 Å². The van der Waals surface area contributed by atoms with Crippen LogP contribution in [0.4, 0.5) is 5.69 Å². The van der Waals surface area contributed by atoms with Crippen molar-refractivity contribution in [2.24, 2.45) is 17.6 Å². The summed E-state index contributed by atoms with van der Waals surface area (Å²) in [6.07, 6.45) is 2.93. The largest absolute Gasteiger partial charge is 0.491 e. The van der Waals surface area contributed by atoms with Crippen LogP contribution >= 0.6 is 11.6 Å². The molecule has 0 aromatic heterocycles. The number of halogens is 1. The third-order valence-corrected chi connectivity index (χ3v) is 5.83. The first-order valence-corrected chi connectivity index (χ1v) is 10.0. The van der Waals surface area contributed by atoms with Gasteiger partial charge >= 0.3 is 5.97 Å². The maximum absolute atomic E-state index is 12.7. The second kappa shape index (κ2) is 8.57. The number of benzene rings is 1. The van der Waals surface area contributed by atoms with Gasteiger partial charge in [0, 0.05) is 31.0 Å². The van der Waals surface area contributed by atoms with Crippen LogP contribution in [0.2, 0.25) is 5.02 Å². The Hall–Kier alpha value is -1.99. The van der Waals surface area contributed by atoms with E-state index in [9.17, 15) is 9.59 Å². The van der Waals surface area contributed by atoms with Crippen LogP contribution in [0.5, 0.6) is 5.75 Å². The van der Waals surface area contributed by atoms with Crippen LogP contribution < -0.4 is 16.2 Å². The van der Waals surface area contributed by atoms with Gasteiger partial charge in [0.05, 0.1) is 17.8 Å². The Morgan fingerprint density at radius 1 is 1.29 bits per heavy atom. The second-order valence-corrected chi connectivity index (χ2v) is 8.45. The number of rotatable bonds is 6. The Balaban J connectivity index is 1.39. The van der Waals surface area contributed by atoms with Gasteiger partial charge in [-0.2, -0.15) is 0 Å². The predicted octanol–water partition coefficient (Wildman–Crippen LogP) is 2.21. The highest BCUT2D eigenvalue weighted by atomic mass is 35.5.